The van der Waals surface area contributed by atoms with Crippen molar-refractivity contribution in [3.8, 4) is 0 Å². The topological polar surface area (TPSA) is 0 Å². The van der Waals surface area contributed by atoms with Gasteiger partial charge >= 0.3 is 0 Å². The lowest BCUT2D eigenvalue weighted by molar-refractivity contribution is 0.280. The summed E-state index contributed by atoms with van der Waals surface area (Å²) in [4.78, 5) is 0. The molecule has 37 heavy (non-hydrogen) atoms. The van der Waals surface area contributed by atoms with E-state index in [2.05, 4.69) is 142 Å². The molecule has 0 saturated heterocycles. The van der Waals surface area contributed by atoms with Crippen molar-refractivity contribution in [3.63, 3.8) is 0 Å². The largest absolute Gasteiger partial charge is 0.0654 e. The standard InChI is InChI=1S/C35H42P2/c1-4-6-28-35(3,29-7-5-2)34(36(30-20-12-8-13-21-30)31-22-14-9-15-23-31)37(32-24-16-10-17-25-32)33-26-18-11-19-27-33/h8-27,34H,4-7,28-29H2,1-3H3. The van der Waals surface area contributed by atoms with Gasteiger partial charge in [-0.1, -0.05) is 168 Å². The Morgan fingerprint density at radius 3 is 1.00 bits per heavy atom. The van der Waals surface area contributed by atoms with Crippen molar-refractivity contribution in [3.05, 3.63) is 121 Å². The Hall–Kier alpha value is -2.26. The maximum absolute atomic E-state index is 2.64. The zero-order valence-corrected chi connectivity index (χ0v) is 24.6. The molecule has 4 aromatic rings. The van der Waals surface area contributed by atoms with E-state index >= 15 is 0 Å². The Bertz CT molecular complexity index is 989. The van der Waals surface area contributed by atoms with Crippen LogP contribution in [-0.2, 0) is 0 Å². The molecular formula is C35H42P2. The van der Waals surface area contributed by atoms with Crippen molar-refractivity contribution in [1.29, 1.82) is 0 Å². The second-order valence-electron chi connectivity index (χ2n) is 10.3. The highest BCUT2D eigenvalue weighted by atomic mass is 31.2. The fourth-order valence-electron chi connectivity index (χ4n) is 5.50. The fraction of sp³-hybridized carbons (Fsp3) is 0.314. The third-order valence-corrected chi connectivity index (χ3v) is 14.5. The molecule has 0 heterocycles. The van der Waals surface area contributed by atoms with Gasteiger partial charge in [-0.05, 0) is 55.3 Å². The molecule has 0 nitrogen and oxygen atoms in total. The van der Waals surface area contributed by atoms with Gasteiger partial charge in [-0.2, -0.15) is 0 Å². The van der Waals surface area contributed by atoms with E-state index in [0.29, 0.717) is 5.40 Å². The van der Waals surface area contributed by atoms with Crippen LogP contribution < -0.4 is 21.2 Å². The van der Waals surface area contributed by atoms with Crippen molar-refractivity contribution in [2.45, 2.75) is 64.7 Å². The molecule has 0 aliphatic rings. The summed E-state index contributed by atoms with van der Waals surface area (Å²) in [5.74, 6) is 0. The molecule has 192 valence electrons. The molecule has 0 atom stereocenters. The van der Waals surface area contributed by atoms with Gasteiger partial charge < -0.3 is 0 Å². The summed E-state index contributed by atoms with van der Waals surface area (Å²) in [7, 11) is -1.19. The van der Waals surface area contributed by atoms with E-state index in [1.807, 2.05) is 0 Å². The quantitative estimate of drug-likeness (QED) is 0.153. The minimum absolute atomic E-state index is 0.237. The summed E-state index contributed by atoms with van der Waals surface area (Å²) < 4.78 is 0. The van der Waals surface area contributed by atoms with Gasteiger partial charge in [-0.3, -0.25) is 0 Å². The summed E-state index contributed by atoms with van der Waals surface area (Å²) >= 11 is 0. The number of unbranched alkanes of at least 4 members (excludes halogenated alkanes) is 2. The van der Waals surface area contributed by atoms with Crippen LogP contribution in [0.3, 0.4) is 0 Å². The molecule has 0 amide bonds. The third kappa shape index (κ3) is 6.99. The molecule has 0 saturated carbocycles. The van der Waals surface area contributed by atoms with Crippen LogP contribution in [0.1, 0.15) is 59.3 Å². The maximum atomic E-state index is 2.64. The van der Waals surface area contributed by atoms with Crippen molar-refractivity contribution in [1.82, 2.24) is 0 Å². The van der Waals surface area contributed by atoms with Crippen LogP contribution in [0, 0.1) is 5.41 Å². The van der Waals surface area contributed by atoms with Crippen molar-refractivity contribution in [2.24, 2.45) is 5.41 Å². The Morgan fingerprint density at radius 1 is 0.486 bits per heavy atom. The summed E-state index contributed by atoms with van der Waals surface area (Å²) in [5.41, 5.74) is 0.237. The Balaban J connectivity index is 2.02. The molecule has 0 aliphatic carbocycles. The highest BCUT2D eigenvalue weighted by Gasteiger charge is 2.45. The first kappa shape index (κ1) is 27.8. The lowest BCUT2D eigenvalue weighted by Crippen LogP contribution is -2.39. The lowest BCUT2D eigenvalue weighted by Gasteiger charge is -2.48. The van der Waals surface area contributed by atoms with E-state index in [-0.39, 0.29) is 5.41 Å². The zero-order chi connectivity index (χ0) is 25.9. The van der Waals surface area contributed by atoms with Crippen LogP contribution in [0.25, 0.3) is 0 Å². The van der Waals surface area contributed by atoms with Crippen LogP contribution in [0.5, 0.6) is 0 Å². The minimum Gasteiger partial charge on any atom is -0.0654 e. The highest BCUT2D eigenvalue weighted by molar-refractivity contribution is 7.89. The maximum Gasteiger partial charge on any atom is 0.0208 e. The molecule has 0 spiro atoms. The summed E-state index contributed by atoms with van der Waals surface area (Å²) in [6.45, 7) is 7.35. The SMILES string of the molecule is CCCCC(C)(CCCC)C(P(c1ccccc1)c1ccccc1)P(c1ccccc1)c1ccccc1. The predicted molar refractivity (Wildman–Crippen MR) is 169 cm³/mol. The molecular weight excluding hydrogens is 482 g/mol. The molecule has 4 rings (SSSR count). The van der Waals surface area contributed by atoms with Crippen LogP contribution in [0.2, 0.25) is 0 Å². The van der Waals surface area contributed by atoms with Gasteiger partial charge in [0.25, 0.3) is 0 Å². The average molecular weight is 525 g/mol. The van der Waals surface area contributed by atoms with Crippen LogP contribution in [0.15, 0.2) is 121 Å². The zero-order valence-electron chi connectivity index (χ0n) is 22.8. The fourth-order valence-corrected chi connectivity index (χ4v) is 13.5. The van der Waals surface area contributed by atoms with E-state index in [0.717, 1.165) is 0 Å². The summed E-state index contributed by atoms with van der Waals surface area (Å²) in [6, 6.07) is 45.8. The smallest absolute Gasteiger partial charge is 0.0208 e. The summed E-state index contributed by atoms with van der Waals surface area (Å²) in [5, 5.41) is 6.56. The highest BCUT2D eigenvalue weighted by Crippen LogP contribution is 2.65. The van der Waals surface area contributed by atoms with Crippen molar-refractivity contribution < 1.29 is 0 Å². The second kappa shape index (κ2) is 14.0. The molecule has 0 radical (unpaired) electrons. The van der Waals surface area contributed by atoms with Crippen LogP contribution in [0.4, 0.5) is 0 Å². The Morgan fingerprint density at radius 2 is 0.757 bits per heavy atom. The predicted octanol–water partition coefficient (Wildman–Crippen LogP) is 8.97. The number of hydrogen-bond donors (Lipinski definition) is 0. The monoisotopic (exact) mass is 524 g/mol. The lowest BCUT2D eigenvalue weighted by atomic mass is 9.82. The van der Waals surface area contributed by atoms with E-state index in [4.69, 9.17) is 0 Å². The third-order valence-electron chi connectivity index (χ3n) is 7.45. The van der Waals surface area contributed by atoms with Crippen LogP contribution in [-0.4, -0.2) is 5.40 Å². The molecule has 4 aromatic carbocycles. The minimum atomic E-state index is -0.593. The normalized spacial score (nSPS) is 11.9. The number of hydrogen-bond acceptors (Lipinski definition) is 0. The number of benzene rings is 4. The van der Waals surface area contributed by atoms with Crippen molar-refractivity contribution >= 4 is 37.1 Å². The van der Waals surface area contributed by atoms with Crippen molar-refractivity contribution in [2.75, 3.05) is 0 Å². The van der Waals surface area contributed by atoms with Gasteiger partial charge in [-0.25, -0.2) is 0 Å². The van der Waals surface area contributed by atoms with Gasteiger partial charge in [0.1, 0.15) is 0 Å². The Kier molecular flexibility index (Phi) is 10.5. The van der Waals surface area contributed by atoms with Gasteiger partial charge in [-0.15, -0.1) is 0 Å². The van der Waals surface area contributed by atoms with E-state index in [1.54, 1.807) is 0 Å². The molecule has 0 aliphatic heterocycles. The average Bonchev–Trinajstić information content (AvgIpc) is 2.97. The molecule has 0 bridgehead atoms. The van der Waals surface area contributed by atoms with Gasteiger partial charge in [0.2, 0.25) is 0 Å². The summed E-state index contributed by atoms with van der Waals surface area (Å²) in [6.07, 6.45) is 7.64. The van der Waals surface area contributed by atoms with Gasteiger partial charge in [0.05, 0.1) is 0 Å². The van der Waals surface area contributed by atoms with E-state index < -0.39 is 15.8 Å². The van der Waals surface area contributed by atoms with Gasteiger partial charge in [0, 0.05) is 5.40 Å². The molecule has 0 fully saturated rings. The molecule has 0 N–H and O–H groups in total. The number of rotatable bonds is 13. The van der Waals surface area contributed by atoms with E-state index in [9.17, 15) is 0 Å². The first-order valence-corrected chi connectivity index (χ1v) is 16.8. The van der Waals surface area contributed by atoms with E-state index in [1.165, 1.54) is 59.7 Å². The van der Waals surface area contributed by atoms with Gasteiger partial charge in [0.15, 0.2) is 0 Å². The molecule has 0 unspecified atom stereocenters. The first-order chi connectivity index (χ1) is 18.2. The first-order valence-electron chi connectivity index (χ1n) is 14.0. The van der Waals surface area contributed by atoms with Crippen LogP contribution >= 0.6 is 15.8 Å². The Labute approximate surface area is 228 Å². The second-order valence-corrected chi connectivity index (χ2v) is 15.3. The molecule has 2 heteroatoms. The molecule has 0 aromatic heterocycles.